The Labute approximate surface area is 120 Å². The van der Waals surface area contributed by atoms with Crippen LogP contribution in [0.1, 0.15) is 12.6 Å². The Morgan fingerprint density at radius 2 is 1.81 bits per heavy atom. The molecular weight excluding hydrogens is 270 g/mol. The average Bonchev–Trinajstić information content (AvgIpc) is 2.97. The second-order valence-corrected chi connectivity index (χ2v) is 4.81. The normalized spacial score (nSPS) is 11.1. The number of benzene rings is 1. The molecule has 3 aromatic rings. The largest absolute Gasteiger partial charge is 0.504 e. The maximum Gasteiger partial charge on any atom is 0.213 e. The van der Waals surface area contributed by atoms with Gasteiger partial charge in [-0.05, 0) is 25.1 Å². The van der Waals surface area contributed by atoms with Gasteiger partial charge in [-0.15, -0.1) is 0 Å². The van der Waals surface area contributed by atoms with E-state index in [9.17, 15) is 15.0 Å². The summed E-state index contributed by atoms with van der Waals surface area (Å²) in [5.74, 6) is -0.565. The standard InChI is InChI=1S/C15H15N3O3/c1-2-18-12-8-14(20)13(19)7-10(12)15(21)11(16-18)9-17-5-3-4-6-17/h3-8,19-20H,2,9H2,1H3. The molecule has 21 heavy (non-hydrogen) atoms. The lowest BCUT2D eigenvalue weighted by atomic mass is 10.1. The van der Waals surface area contributed by atoms with Crippen LogP contribution in [0.5, 0.6) is 11.5 Å². The first-order valence-corrected chi connectivity index (χ1v) is 6.66. The van der Waals surface area contributed by atoms with Crippen molar-refractivity contribution < 1.29 is 10.2 Å². The molecule has 2 heterocycles. The van der Waals surface area contributed by atoms with E-state index < -0.39 is 0 Å². The quantitative estimate of drug-likeness (QED) is 0.717. The van der Waals surface area contributed by atoms with Gasteiger partial charge in [0.15, 0.2) is 11.5 Å². The zero-order valence-electron chi connectivity index (χ0n) is 11.5. The Morgan fingerprint density at radius 3 is 2.48 bits per heavy atom. The molecule has 2 N–H and O–H groups in total. The van der Waals surface area contributed by atoms with Gasteiger partial charge in [0.1, 0.15) is 5.69 Å². The summed E-state index contributed by atoms with van der Waals surface area (Å²) in [5.41, 5.74) is 0.665. The first-order chi connectivity index (χ1) is 10.1. The number of aryl methyl sites for hydroxylation is 1. The number of fused-ring (bicyclic) bond motifs is 1. The number of aromatic hydroxyl groups is 2. The third kappa shape index (κ3) is 2.24. The summed E-state index contributed by atoms with van der Waals surface area (Å²) >= 11 is 0. The summed E-state index contributed by atoms with van der Waals surface area (Å²) in [6, 6.07) is 6.41. The van der Waals surface area contributed by atoms with E-state index in [1.807, 2.05) is 36.0 Å². The van der Waals surface area contributed by atoms with Gasteiger partial charge in [0.25, 0.3) is 0 Å². The van der Waals surface area contributed by atoms with Gasteiger partial charge >= 0.3 is 0 Å². The number of hydrogen-bond donors (Lipinski definition) is 2. The summed E-state index contributed by atoms with van der Waals surface area (Å²) in [5, 5.41) is 23.9. The monoisotopic (exact) mass is 285 g/mol. The van der Waals surface area contributed by atoms with Crippen molar-refractivity contribution in [2.45, 2.75) is 20.0 Å². The molecule has 0 aliphatic heterocycles. The number of phenolic OH excluding ortho intramolecular Hbond substituents is 2. The van der Waals surface area contributed by atoms with Gasteiger partial charge in [-0.2, -0.15) is 5.10 Å². The molecule has 0 aliphatic carbocycles. The van der Waals surface area contributed by atoms with Crippen molar-refractivity contribution in [1.82, 2.24) is 14.3 Å². The predicted octanol–water partition coefficient (Wildman–Crippen LogP) is 1.68. The molecular formula is C15H15N3O3. The summed E-state index contributed by atoms with van der Waals surface area (Å²) in [4.78, 5) is 12.5. The Kier molecular flexibility index (Phi) is 3.13. The Morgan fingerprint density at radius 1 is 1.14 bits per heavy atom. The summed E-state index contributed by atoms with van der Waals surface area (Å²) in [6.07, 6.45) is 3.71. The van der Waals surface area contributed by atoms with Crippen LogP contribution < -0.4 is 5.43 Å². The Hall–Kier alpha value is -2.76. The van der Waals surface area contributed by atoms with Crippen LogP contribution in [0.3, 0.4) is 0 Å². The van der Waals surface area contributed by atoms with Gasteiger partial charge in [-0.25, -0.2) is 0 Å². The van der Waals surface area contributed by atoms with E-state index in [0.29, 0.717) is 29.7 Å². The van der Waals surface area contributed by atoms with E-state index in [4.69, 9.17) is 0 Å². The first-order valence-electron chi connectivity index (χ1n) is 6.66. The Balaban J connectivity index is 2.25. The molecule has 6 heteroatoms. The number of rotatable bonds is 3. The van der Waals surface area contributed by atoms with E-state index >= 15 is 0 Å². The highest BCUT2D eigenvalue weighted by Crippen LogP contribution is 2.28. The molecule has 0 bridgehead atoms. The van der Waals surface area contributed by atoms with Crippen molar-refractivity contribution in [2.75, 3.05) is 0 Å². The van der Waals surface area contributed by atoms with Gasteiger partial charge in [0.05, 0.1) is 17.4 Å². The van der Waals surface area contributed by atoms with Crippen LogP contribution in [-0.4, -0.2) is 24.6 Å². The summed E-state index contributed by atoms with van der Waals surface area (Å²) < 4.78 is 3.50. The third-order valence-electron chi connectivity index (χ3n) is 3.42. The van der Waals surface area contributed by atoms with E-state index in [2.05, 4.69) is 5.10 Å². The number of aromatic nitrogens is 3. The molecule has 0 atom stereocenters. The minimum atomic E-state index is -0.305. The highest BCUT2D eigenvalue weighted by molar-refractivity contribution is 5.82. The molecule has 0 radical (unpaired) electrons. The van der Waals surface area contributed by atoms with E-state index in [1.165, 1.54) is 12.1 Å². The van der Waals surface area contributed by atoms with Crippen molar-refractivity contribution in [2.24, 2.45) is 0 Å². The van der Waals surface area contributed by atoms with Crippen LogP contribution in [0.25, 0.3) is 10.9 Å². The zero-order chi connectivity index (χ0) is 15.0. The molecule has 108 valence electrons. The number of hydrogen-bond acceptors (Lipinski definition) is 4. The van der Waals surface area contributed by atoms with Crippen LogP contribution >= 0.6 is 0 Å². The second-order valence-electron chi connectivity index (χ2n) is 4.81. The van der Waals surface area contributed by atoms with Crippen molar-refractivity contribution in [1.29, 1.82) is 0 Å². The van der Waals surface area contributed by atoms with E-state index in [0.717, 1.165) is 0 Å². The zero-order valence-corrected chi connectivity index (χ0v) is 11.5. The summed E-state index contributed by atoms with van der Waals surface area (Å²) in [6.45, 7) is 2.82. The molecule has 3 rings (SSSR count). The number of nitrogens with zero attached hydrogens (tertiary/aromatic N) is 3. The maximum absolute atomic E-state index is 12.5. The van der Waals surface area contributed by atoms with E-state index in [1.54, 1.807) is 4.68 Å². The summed E-state index contributed by atoms with van der Waals surface area (Å²) in [7, 11) is 0. The fourth-order valence-electron chi connectivity index (χ4n) is 2.35. The first kappa shape index (κ1) is 13.2. The maximum atomic E-state index is 12.5. The van der Waals surface area contributed by atoms with Crippen molar-refractivity contribution in [3.63, 3.8) is 0 Å². The fraction of sp³-hybridized carbons (Fsp3) is 0.200. The smallest absolute Gasteiger partial charge is 0.213 e. The lowest BCUT2D eigenvalue weighted by Gasteiger charge is -2.11. The molecule has 0 saturated heterocycles. The van der Waals surface area contributed by atoms with Crippen LogP contribution in [0.2, 0.25) is 0 Å². The molecule has 0 saturated carbocycles. The molecule has 2 aromatic heterocycles. The molecule has 1 aromatic carbocycles. The third-order valence-corrected chi connectivity index (χ3v) is 3.42. The van der Waals surface area contributed by atoms with Gasteiger partial charge < -0.3 is 14.8 Å². The topological polar surface area (TPSA) is 80.3 Å². The molecule has 0 amide bonds. The lowest BCUT2D eigenvalue weighted by Crippen LogP contribution is -2.20. The molecule has 0 aliphatic rings. The highest BCUT2D eigenvalue weighted by Gasteiger charge is 2.13. The van der Waals surface area contributed by atoms with Gasteiger partial charge in [-0.3, -0.25) is 9.48 Å². The fourth-order valence-corrected chi connectivity index (χ4v) is 2.35. The Bertz CT molecular complexity index is 851. The molecule has 0 unspecified atom stereocenters. The van der Waals surface area contributed by atoms with Crippen molar-refractivity contribution in [3.05, 3.63) is 52.6 Å². The van der Waals surface area contributed by atoms with Crippen LogP contribution in [0, 0.1) is 0 Å². The van der Waals surface area contributed by atoms with Crippen molar-refractivity contribution >= 4 is 10.9 Å². The van der Waals surface area contributed by atoms with Crippen LogP contribution in [-0.2, 0) is 13.1 Å². The van der Waals surface area contributed by atoms with Gasteiger partial charge in [0, 0.05) is 25.0 Å². The lowest BCUT2D eigenvalue weighted by molar-refractivity contribution is 0.404. The van der Waals surface area contributed by atoms with Crippen LogP contribution in [0.15, 0.2) is 41.5 Å². The average molecular weight is 285 g/mol. The highest BCUT2D eigenvalue weighted by atomic mass is 16.3. The minimum Gasteiger partial charge on any atom is -0.504 e. The molecule has 0 spiro atoms. The SMILES string of the molecule is CCn1nc(Cn2cccc2)c(=O)c2cc(O)c(O)cc21. The van der Waals surface area contributed by atoms with Gasteiger partial charge in [-0.1, -0.05) is 0 Å². The molecule has 6 nitrogen and oxygen atoms in total. The predicted molar refractivity (Wildman–Crippen MR) is 78.5 cm³/mol. The number of phenols is 2. The second kappa shape index (κ2) is 4.97. The van der Waals surface area contributed by atoms with Crippen molar-refractivity contribution in [3.8, 4) is 11.5 Å². The van der Waals surface area contributed by atoms with Crippen LogP contribution in [0.4, 0.5) is 0 Å². The van der Waals surface area contributed by atoms with Gasteiger partial charge in [0.2, 0.25) is 5.43 Å². The van der Waals surface area contributed by atoms with E-state index in [-0.39, 0.29) is 16.9 Å². The molecule has 0 fully saturated rings. The minimum absolute atomic E-state index is 0.237.